The SMILES string of the molecule is O=[N+]([O-])c1c(N2CCC(Cc3cccc(F)c3)CC2)nc2ccccn12. The molecule has 7 heteroatoms. The van der Waals surface area contributed by atoms with Crippen molar-refractivity contribution in [2.75, 3.05) is 18.0 Å². The van der Waals surface area contributed by atoms with Gasteiger partial charge in [-0.3, -0.25) is 0 Å². The lowest BCUT2D eigenvalue weighted by molar-refractivity contribution is -0.389. The summed E-state index contributed by atoms with van der Waals surface area (Å²) in [5.41, 5.74) is 1.58. The van der Waals surface area contributed by atoms with Gasteiger partial charge in [0.25, 0.3) is 0 Å². The Bertz CT molecular complexity index is 948. The third-order valence-corrected chi connectivity index (χ3v) is 4.99. The molecule has 0 amide bonds. The number of hydrogen-bond acceptors (Lipinski definition) is 4. The molecule has 1 saturated heterocycles. The molecule has 2 aromatic heterocycles. The van der Waals surface area contributed by atoms with Crippen molar-refractivity contribution < 1.29 is 9.31 Å². The van der Waals surface area contributed by atoms with Crippen LogP contribution in [0.1, 0.15) is 18.4 Å². The second-order valence-corrected chi connectivity index (χ2v) is 6.71. The summed E-state index contributed by atoms with van der Waals surface area (Å²) in [6.07, 6.45) is 4.31. The van der Waals surface area contributed by atoms with Crippen LogP contribution in [0.3, 0.4) is 0 Å². The number of piperidine rings is 1. The van der Waals surface area contributed by atoms with Crippen LogP contribution in [-0.4, -0.2) is 27.4 Å². The van der Waals surface area contributed by atoms with E-state index in [0.717, 1.165) is 24.8 Å². The first-order valence-corrected chi connectivity index (χ1v) is 8.72. The first kappa shape index (κ1) is 16.5. The lowest BCUT2D eigenvalue weighted by atomic mass is 9.90. The van der Waals surface area contributed by atoms with Crippen molar-refractivity contribution >= 4 is 17.3 Å². The average Bonchev–Trinajstić information content (AvgIpc) is 3.02. The summed E-state index contributed by atoms with van der Waals surface area (Å²) < 4.78 is 14.9. The molecule has 0 unspecified atom stereocenters. The van der Waals surface area contributed by atoms with Crippen LogP contribution < -0.4 is 4.90 Å². The Kier molecular flexibility index (Phi) is 4.28. The normalized spacial score (nSPS) is 15.5. The number of fused-ring (bicyclic) bond motifs is 1. The van der Waals surface area contributed by atoms with Crippen LogP contribution >= 0.6 is 0 Å². The summed E-state index contributed by atoms with van der Waals surface area (Å²) in [6, 6.07) is 12.1. The molecule has 1 aliphatic rings. The van der Waals surface area contributed by atoms with Crippen LogP contribution in [0.25, 0.3) is 5.65 Å². The van der Waals surface area contributed by atoms with E-state index in [-0.39, 0.29) is 16.6 Å². The molecule has 0 spiro atoms. The van der Waals surface area contributed by atoms with Gasteiger partial charge in [0.15, 0.2) is 0 Å². The molecule has 0 saturated carbocycles. The Morgan fingerprint density at radius 2 is 2.00 bits per heavy atom. The molecule has 134 valence electrons. The van der Waals surface area contributed by atoms with Crippen LogP contribution in [0.15, 0.2) is 48.7 Å². The summed E-state index contributed by atoms with van der Waals surface area (Å²) in [6.45, 7) is 1.43. The molecule has 26 heavy (non-hydrogen) atoms. The van der Waals surface area contributed by atoms with E-state index in [1.165, 1.54) is 10.5 Å². The minimum Gasteiger partial charge on any atom is -0.358 e. The largest absolute Gasteiger partial charge is 0.372 e. The molecule has 0 N–H and O–H groups in total. The summed E-state index contributed by atoms with van der Waals surface area (Å²) in [7, 11) is 0. The van der Waals surface area contributed by atoms with E-state index in [0.29, 0.717) is 30.5 Å². The van der Waals surface area contributed by atoms with Crippen molar-refractivity contribution in [3.63, 3.8) is 0 Å². The fraction of sp³-hybridized carbons (Fsp3) is 0.316. The van der Waals surface area contributed by atoms with Gasteiger partial charge in [0, 0.05) is 19.2 Å². The molecular formula is C19H19FN4O2. The quantitative estimate of drug-likeness (QED) is 0.527. The molecular weight excluding hydrogens is 335 g/mol. The molecule has 3 heterocycles. The van der Waals surface area contributed by atoms with E-state index in [2.05, 4.69) is 4.98 Å². The van der Waals surface area contributed by atoms with E-state index >= 15 is 0 Å². The van der Waals surface area contributed by atoms with E-state index in [4.69, 9.17) is 0 Å². The topological polar surface area (TPSA) is 63.7 Å². The highest BCUT2D eigenvalue weighted by Gasteiger charge is 2.29. The van der Waals surface area contributed by atoms with Gasteiger partial charge >= 0.3 is 5.82 Å². The smallest absolute Gasteiger partial charge is 0.358 e. The number of nitrogens with zero attached hydrogens (tertiary/aromatic N) is 4. The summed E-state index contributed by atoms with van der Waals surface area (Å²) in [5, 5.41) is 11.6. The lowest BCUT2D eigenvalue weighted by Gasteiger charge is -2.31. The summed E-state index contributed by atoms with van der Waals surface area (Å²) in [5.74, 6) is 0.694. The van der Waals surface area contributed by atoms with E-state index < -0.39 is 0 Å². The van der Waals surface area contributed by atoms with Crippen molar-refractivity contribution in [3.05, 3.63) is 70.2 Å². The van der Waals surface area contributed by atoms with Crippen LogP contribution in [0.2, 0.25) is 0 Å². The summed E-state index contributed by atoms with van der Waals surface area (Å²) >= 11 is 0. The fourth-order valence-corrected chi connectivity index (χ4v) is 3.70. The highest BCUT2D eigenvalue weighted by atomic mass is 19.1. The molecule has 0 radical (unpaired) electrons. The molecule has 1 aromatic carbocycles. The van der Waals surface area contributed by atoms with Crippen LogP contribution in [0.5, 0.6) is 0 Å². The highest BCUT2D eigenvalue weighted by Crippen LogP contribution is 2.32. The number of aromatic nitrogens is 2. The van der Waals surface area contributed by atoms with E-state index in [9.17, 15) is 14.5 Å². The molecule has 1 fully saturated rings. The second kappa shape index (κ2) is 6.74. The molecule has 6 nitrogen and oxygen atoms in total. The van der Waals surface area contributed by atoms with Crippen molar-refractivity contribution in [2.45, 2.75) is 19.3 Å². The van der Waals surface area contributed by atoms with Crippen molar-refractivity contribution in [1.82, 2.24) is 9.38 Å². The number of rotatable bonds is 4. The zero-order valence-electron chi connectivity index (χ0n) is 14.2. The van der Waals surface area contributed by atoms with Crippen molar-refractivity contribution in [3.8, 4) is 0 Å². The first-order valence-electron chi connectivity index (χ1n) is 8.72. The number of imidazole rings is 1. The van der Waals surface area contributed by atoms with Gasteiger partial charge in [0.1, 0.15) is 5.82 Å². The summed E-state index contributed by atoms with van der Waals surface area (Å²) in [4.78, 5) is 17.7. The third-order valence-electron chi connectivity index (χ3n) is 4.99. The molecule has 3 aromatic rings. The van der Waals surface area contributed by atoms with Crippen LogP contribution in [-0.2, 0) is 6.42 Å². The van der Waals surface area contributed by atoms with Gasteiger partial charge in [-0.15, -0.1) is 0 Å². The maximum absolute atomic E-state index is 13.3. The van der Waals surface area contributed by atoms with Gasteiger partial charge in [0.2, 0.25) is 11.5 Å². The number of hydrogen-bond donors (Lipinski definition) is 0. The van der Waals surface area contributed by atoms with Crippen LogP contribution in [0, 0.1) is 21.8 Å². The number of nitro groups is 1. The minimum atomic E-state index is -0.367. The average molecular weight is 354 g/mol. The van der Waals surface area contributed by atoms with Gasteiger partial charge in [-0.1, -0.05) is 18.2 Å². The Balaban J connectivity index is 1.50. The maximum Gasteiger partial charge on any atom is 0.372 e. The monoisotopic (exact) mass is 354 g/mol. The standard InChI is InChI=1S/C19H19FN4O2/c20-16-5-3-4-15(13-16)12-14-7-10-22(11-8-14)18-19(24(25)26)23-9-2-1-6-17(23)21-18/h1-6,9,13-14H,7-8,10-12H2. The number of pyridine rings is 1. The minimum absolute atomic E-state index is 0.0178. The Labute approximate surface area is 150 Å². The molecule has 0 atom stereocenters. The first-order chi connectivity index (χ1) is 12.6. The number of benzene rings is 1. The molecule has 0 bridgehead atoms. The number of anilines is 1. The molecule has 0 aliphatic carbocycles. The highest BCUT2D eigenvalue weighted by molar-refractivity contribution is 5.63. The lowest BCUT2D eigenvalue weighted by Crippen LogP contribution is -2.35. The third kappa shape index (κ3) is 3.12. The second-order valence-electron chi connectivity index (χ2n) is 6.71. The Morgan fingerprint density at radius 3 is 2.73 bits per heavy atom. The van der Waals surface area contributed by atoms with Gasteiger partial charge in [-0.25, -0.2) is 4.39 Å². The van der Waals surface area contributed by atoms with E-state index in [1.807, 2.05) is 17.0 Å². The van der Waals surface area contributed by atoms with Gasteiger partial charge in [-0.2, -0.15) is 9.38 Å². The molecule has 1 aliphatic heterocycles. The zero-order chi connectivity index (χ0) is 18.1. The van der Waals surface area contributed by atoms with Gasteiger partial charge < -0.3 is 15.0 Å². The van der Waals surface area contributed by atoms with Crippen molar-refractivity contribution in [1.29, 1.82) is 0 Å². The van der Waals surface area contributed by atoms with Crippen molar-refractivity contribution in [2.24, 2.45) is 5.92 Å². The Morgan fingerprint density at radius 1 is 1.19 bits per heavy atom. The Hall–Kier alpha value is -2.96. The zero-order valence-corrected chi connectivity index (χ0v) is 14.2. The molecule has 4 rings (SSSR count). The number of halogens is 1. The van der Waals surface area contributed by atoms with Gasteiger partial charge in [0.05, 0.1) is 6.20 Å². The van der Waals surface area contributed by atoms with Gasteiger partial charge in [-0.05, 0) is 53.9 Å². The van der Waals surface area contributed by atoms with Crippen LogP contribution in [0.4, 0.5) is 16.0 Å². The maximum atomic E-state index is 13.3. The fourth-order valence-electron chi connectivity index (χ4n) is 3.70. The predicted molar refractivity (Wildman–Crippen MR) is 96.9 cm³/mol. The van der Waals surface area contributed by atoms with E-state index in [1.54, 1.807) is 30.5 Å². The predicted octanol–water partition coefficient (Wildman–Crippen LogP) is 3.84.